The molecule has 1 aromatic heterocycles. The monoisotopic (exact) mass is 213 g/mol. The quantitative estimate of drug-likeness (QED) is 0.739. The number of imidazole rings is 1. The lowest BCUT2D eigenvalue weighted by Gasteiger charge is -2.06. The Morgan fingerprint density at radius 2 is 2.36 bits per heavy atom. The molecule has 0 aliphatic heterocycles. The molecule has 0 saturated heterocycles. The number of hydrogen-bond donors (Lipinski definition) is 2. The molecule has 4 nitrogen and oxygen atoms in total. The highest BCUT2D eigenvalue weighted by Gasteiger charge is 2.06. The van der Waals surface area contributed by atoms with Gasteiger partial charge in [-0.05, 0) is 25.6 Å². The molecular weight excluding hydrogens is 198 g/mol. The van der Waals surface area contributed by atoms with Gasteiger partial charge in [-0.1, -0.05) is 6.92 Å². The van der Waals surface area contributed by atoms with Gasteiger partial charge in [-0.3, -0.25) is 4.79 Å². The van der Waals surface area contributed by atoms with Gasteiger partial charge in [0.05, 0.1) is 0 Å². The molecule has 5 heteroatoms. The molecule has 1 aromatic rings. The Labute approximate surface area is 88.3 Å². The third-order valence-corrected chi connectivity index (χ3v) is 2.33. The van der Waals surface area contributed by atoms with E-state index in [1.165, 1.54) is 0 Å². The average molecular weight is 213 g/mol. The summed E-state index contributed by atoms with van der Waals surface area (Å²) >= 11 is 5.07. The second kappa shape index (κ2) is 4.95. The Morgan fingerprint density at radius 1 is 1.64 bits per heavy atom. The molecule has 0 saturated carbocycles. The maximum absolute atomic E-state index is 11.3. The van der Waals surface area contributed by atoms with Crippen LogP contribution in [0.1, 0.15) is 19.5 Å². The lowest BCUT2D eigenvalue weighted by molar-refractivity contribution is -0.121. The van der Waals surface area contributed by atoms with Gasteiger partial charge in [-0.15, -0.1) is 0 Å². The third kappa shape index (κ3) is 2.45. The summed E-state index contributed by atoms with van der Waals surface area (Å²) in [6.45, 7) is 4.89. The highest BCUT2D eigenvalue weighted by Crippen LogP contribution is 2.02. The molecule has 14 heavy (non-hydrogen) atoms. The van der Waals surface area contributed by atoms with E-state index in [9.17, 15) is 4.79 Å². The number of carbonyl (C=O) groups is 1. The van der Waals surface area contributed by atoms with E-state index in [0.717, 1.165) is 12.1 Å². The van der Waals surface area contributed by atoms with Crippen LogP contribution < -0.4 is 5.32 Å². The van der Waals surface area contributed by atoms with E-state index >= 15 is 0 Å². The summed E-state index contributed by atoms with van der Waals surface area (Å²) < 4.78 is 2.42. The number of amides is 1. The fraction of sp³-hybridized carbons (Fsp3) is 0.556. The summed E-state index contributed by atoms with van der Waals surface area (Å²) in [5.41, 5.74) is 1.06. The Balaban J connectivity index is 2.79. The van der Waals surface area contributed by atoms with Crippen LogP contribution in [-0.2, 0) is 17.8 Å². The van der Waals surface area contributed by atoms with Crippen molar-refractivity contribution >= 4 is 18.1 Å². The Bertz CT molecular complexity index is 366. The average Bonchev–Trinajstić information content (AvgIpc) is 2.48. The van der Waals surface area contributed by atoms with E-state index in [0.29, 0.717) is 17.9 Å². The van der Waals surface area contributed by atoms with Gasteiger partial charge in [-0.2, -0.15) is 0 Å². The second-order valence-electron chi connectivity index (χ2n) is 2.98. The van der Waals surface area contributed by atoms with Crippen LogP contribution in [0.2, 0.25) is 0 Å². The van der Waals surface area contributed by atoms with Gasteiger partial charge in [0.15, 0.2) is 4.77 Å². The summed E-state index contributed by atoms with van der Waals surface area (Å²) in [6.07, 6.45) is 2.72. The van der Waals surface area contributed by atoms with Crippen LogP contribution in [0.15, 0.2) is 6.20 Å². The highest BCUT2D eigenvalue weighted by atomic mass is 32.1. The van der Waals surface area contributed by atoms with Gasteiger partial charge in [-0.25, -0.2) is 0 Å². The number of H-pyrrole nitrogens is 1. The predicted octanol–water partition coefficient (Wildman–Crippen LogP) is 1.24. The number of hydrogen-bond acceptors (Lipinski definition) is 2. The molecule has 0 aliphatic carbocycles. The summed E-state index contributed by atoms with van der Waals surface area (Å²) in [7, 11) is 0. The normalized spacial score (nSPS) is 10.1. The topological polar surface area (TPSA) is 49.8 Å². The molecular formula is C9H15N3OS. The molecule has 1 amide bonds. The van der Waals surface area contributed by atoms with E-state index in [4.69, 9.17) is 12.2 Å². The van der Waals surface area contributed by atoms with Gasteiger partial charge in [0.2, 0.25) is 5.91 Å². The van der Waals surface area contributed by atoms with Crippen LogP contribution in [0.25, 0.3) is 0 Å². The molecule has 0 bridgehead atoms. The smallest absolute Gasteiger partial charge is 0.240 e. The summed E-state index contributed by atoms with van der Waals surface area (Å²) in [6, 6.07) is 0. The van der Waals surface area contributed by atoms with Gasteiger partial charge >= 0.3 is 0 Å². The van der Waals surface area contributed by atoms with E-state index < -0.39 is 0 Å². The van der Waals surface area contributed by atoms with Crippen molar-refractivity contribution in [2.45, 2.75) is 26.8 Å². The van der Waals surface area contributed by atoms with Crippen molar-refractivity contribution in [1.82, 2.24) is 14.9 Å². The number of nitrogens with zero attached hydrogens (tertiary/aromatic N) is 1. The van der Waals surface area contributed by atoms with Crippen LogP contribution in [0.4, 0.5) is 0 Å². The van der Waals surface area contributed by atoms with Gasteiger partial charge < -0.3 is 14.9 Å². The van der Waals surface area contributed by atoms with Crippen molar-refractivity contribution in [1.29, 1.82) is 0 Å². The van der Waals surface area contributed by atoms with E-state index in [1.807, 2.05) is 24.6 Å². The van der Waals surface area contributed by atoms with Gasteiger partial charge in [0.1, 0.15) is 6.54 Å². The van der Waals surface area contributed by atoms with Crippen molar-refractivity contribution in [2.75, 3.05) is 6.54 Å². The standard InChI is InChI=1S/C9H15N3OS/c1-3-7-5-11-9(14)12(7)6-8(13)10-4-2/h5H,3-4,6H2,1-2H3,(H,10,13)(H,11,14). The number of aromatic amines is 1. The van der Waals surface area contributed by atoms with Crippen LogP contribution in [0, 0.1) is 4.77 Å². The Kier molecular flexibility index (Phi) is 3.88. The molecule has 0 fully saturated rings. The number of nitrogens with one attached hydrogen (secondary N) is 2. The minimum absolute atomic E-state index is 0.00194. The molecule has 0 atom stereocenters. The first-order valence-corrected chi connectivity index (χ1v) is 5.13. The van der Waals surface area contributed by atoms with Crippen molar-refractivity contribution in [3.8, 4) is 0 Å². The molecule has 1 rings (SSSR count). The number of carbonyl (C=O) groups excluding carboxylic acids is 1. The fourth-order valence-corrected chi connectivity index (χ4v) is 1.53. The Morgan fingerprint density at radius 3 is 2.93 bits per heavy atom. The summed E-state index contributed by atoms with van der Waals surface area (Å²) in [4.78, 5) is 14.3. The molecule has 1 heterocycles. The van der Waals surface area contributed by atoms with E-state index in [2.05, 4.69) is 10.3 Å². The lowest BCUT2D eigenvalue weighted by Crippen LogP contribution is -2.27. The lowest BCUT2D eigenvalue weighted by atomic mass is 10.3. The van der Waals surface area contributed by atoms with E-state index in [1.54, 1.807) is 0 Å². The molecule has 78 valence electrons. The van der Waals surface area contributed by atoms with Crippen molar-refractivity contribution in [3.05, 3.63) is 16.7 Å². The maximum Gasteiger partial charge on any atom is 0.240 e. The molecule has 0 spiro atoms. The molecule has 0 radical (unpaired) electrons. The number of rotatable bonds is 4. The summed E-state index contributed by atoms with van der Waals surface area (Å²) in [5, 5.41) is 2.74. The van der Waals surface area contributed by atoms with Crippen LogP contribution in [0.3, 0.4) is 0 Å². The third-order valence-electron chi connectivity index (χ3n) is 1.99. The van der Waals surface area contributed by atoms with Crippen molar-refractivity contribution in [2.24, 2.45) is 0 Å². The largest absolute Gasteiger partial charge is 0.355 e. The van der Waals surface area contributed by atoms with Crippen molar-refractivity contribution in [3.63, 3.8) is 0 Å². The molecule has 0 aliphatic rings. The zero-order valence-electron chi connectivity index (χ0n) is 8.46. The van der Waals surface area contributed by atoms with Gasteiger partial charge in [0.25, 0.3) is 0 Å². The number of aromatic nitrogens is 2. The first-order chi connectivity index (χ1) is 6.69. The van der Waals surface area contributed by atoms with Crippen LogP contribution in [-0.4, -0.2) is 22.0 Å². The minimum atomic E-state index is -0.00194. The maximum atomic E-state index is 11.3. The molecule has 0 aromatic carbocycles. The molecule has 0 unspecified atom stereocenters. The number of aryl methyl sites for hydroxylation is 1. The van der Waals surface area contributed by atoms with Gasteiger partial charge in [0, 0.05) is 18.4 Å². The first kappa shape index (κ1) is 11.0. The highest BCUT2D eigenvalue weighted by molar-refractivity contribution is 7.71. The Hall–Kier alpha value is -1.10. The van der Waals surface area contributed by atoms with E-state index in [-0.39, 0.29) is 5.91 Å². The predicted molar refractivity (Wildman–Crippen MR) is 57.7 cm³/mol. The SMILES string of the molecule is CCNC(=O)Cn1c(CC)c[nH]c1=S. The fourth-order valence-electron chi connectivity index (χ4n) is 1.29. The van der Waals surface area contributed by atoms with Crippen LogP contribution in [0.5, 0.6) is 0 Å². The molecule has 2 N–H and O–H groups in total. The minimum Gasteiger partial charge on any atom is -0.355 e. The summed E-state index contributed by atoms with van der Waals surface area (Å²) in [5.74, 6) is -0.00194. The second-order valence-corrected chi connectivity index (χ2v) is 3.37. The first-order valence-electron chi connectivity index (χ1n) is 4.72. The van der Waals surface area contributed by atoms with Crippen LogP contribution >= 0.6 is 12.2 Å². The number of likely N-dealkylation sites (N-methyl/N-ethyl adjacent to an activating group) is 1. The zero-order valence-corrected chi connectivity index (χ0v) is 9.28. The van der Waals surface area contributed by atoms with Crippen molar-refractivity contribution < 1.29 is 4.79 Å². The zero-order chi connectivity index (χ0) is 10.6.